The minimum atomic E-state index is -0.234. The van der Waals surface area contributed by atoms with Gasteiger partial charge in [0.25, 0.3) is 5.24 Å². The largest absolute Gasteiger partial charge is 0.336 e. The number of thioether (sulfide) groups is 1. The predicted molar refractivity (Wildman–Crippen MR) is 35.5 cm³/mol. The second-order valence-corrected chi connectivity index (χ2v) is 2.90. The molecule has 0 spiro atoms. The Kier molecular flexibility index (Phi) is 1.75. The Bertz CT molecular complexity index is 157. The van der Waals surface area contributed by atoms with Crippen LogP contribution in [0.2, 0.25) is 0 Å². The summed E-state index contributed by atoms with van der Waals surface area (Å²) in [7, 11) is 0. The number of rotatable bonds is 1. The van der Waals surface area contributed by atoms with Gasteiger partial charge in [0.2, 0.25) is 0 Å². The minimum Gasteiger partial charge on any atom is -0.336 e. The average molecular weight is 145 g/mol. The molecule has 1 aliphatic rings. The molecule has 50 valence electrons. The highest BCUT2D eigenvalue weighted by molar-refractivity contribution is 8.14. The number of amides is 1. The van der Waals surface area contributed by atoms with Crippen LogP contribution in [-0.2, 0) is 4.79 Å². The lowest BCUT2D eigenvalue weighted by Gasteiger charge is -2.00. The zero-order valence-corrected chi connectivity index (χ0v) is 5.83. The highest BCUT2D eigenvalue weighted by atomic mass is 32.2. The molecule has 1 atom stereocenters. The van der Waals surface area contributed by atoms with E-state index in [1.807, 2.05) is 0 Å². The van der Waals surface area contributed by atoms with Gasteiger partial charge in [-0.05, 0) is 6.92 Å². The molecule has 4 heteroatoms. The molecular weight excluding hydrogens is 138 g/mol. The molecule has 1 amide bonds. The Labute approximate surface area is 57.2 Å². The van der Waals surface area contributed by atoms with Crippen LogP contribution in [0.25, 0.3) is 0 Å². The second kappa shape index (κ2) is 2.39. The standard InChI is InChI=1S/C5H7NO2S/c1-3(7)4-2-9-5(8)6-4/h4H,2H2,1H3,(H,6,8)/t4-/m0/s1. The van der Waals surface area contributed by atoms with Gasteiger partial charge in [0.15, 0.2) is 5.78 Å². The van der Waals surface area contributed by atoms with Crippen molar-refractivity contribution in [2.24, 2.45) is 0 Å². The number of hydrogen-bond donors (Lipinski definition) is 1. The van der Waals surface area contributed by atoms with E-state index in [1.54, 1.807) is 0 Å². The molecule has 9 heavy (non-hydrogen) atoms. The number of carbonyl (C=O) groups excluding carboxylic acids is 2. The summed E-state index contributed by atoms with van der Waals surface area (Å²) in [6.07, 6.45) is 0. The summed E-state index contributed by atoms with van der Waals surface area (Å²) < 4.78 is 0. The molecule has 0 radical (unpaired) electrons. The van der Waals surface area contributed by atoms with Crippen LogP contribution < -0.4 is 5.32 Å². The normalized spacial score (nSPS) is 25.9. The Morgan fingerprint density at radius 3 is 2.78 bits per heavy atom. The Balaban J connectivity index is 2.48. The Morgan fingerprint density at radius 2 is 2.56 bits per heavy atom. The summed E-state index contributed by atoms with van der Waals surface area (Å²) in [6.45, 7) is 1.48. The van der Waals surface area contributed by atoms with Crippen molar-refractivity contribution in [2.45, 2.75) is 13.0 Å². The number of Topliss-reactive ketones (excluding diaryl/α,β-unsaturated/α-hetero) is 1. The van der Waals surface area contributed by atoms with Crippen LogP contribution >= 0.6 is 11.8 Å². The van der Waals surface area contributed by atoms with E-state index in [4.69, 9.17) is 0 Å². The first-order valence-electron chi connectivity index (χ1n) is 2.64. The molecule has 0 bridgehead atoms. The van der Waals surface area contributed by atoms with E-state index in [-0.39, 0.29) is 17.1 Å². The molecule has 1 saturated heterocycles. The zero-order valence-electron chi connectivity index (χ0n) is 5.01. The van der Waals surface area contributed by atoms with Gasteiger partial charge in [0.05, 0.1) is 6.04 Å². The van der Waals surface area contributed by atoms with E-state index in [2.05, 4.69) is 5.32 Å². The number of hydrogen-bond acceptors (Lipinski definition) is 3. The predicted octanol–water partition coefficient (Wildman–Crippen LogP) is 0.400. The molecule has 3 nitrogen and oxygen atoms in total. The van der Waals surface area contributed by atoms with Crippen molar-refractivity contribution in [2.75, 3.05) is 5.75 Å². The summed E-state index contributed by atoms with van der Waals surface area (Å²) in [6, 6.07) is -0.234. The molecule has 1 N–H and O–H groups in total. The molecule has 1 fully saturated rings. The topological polar surface area (TPSA) is 46.2 Å². The Morgan fingerprint density at radius 1 is 1.89 bits per heavy atom. The highest BCUT2D eigenvalue weighted by Gasteiger charge is 2.24. The monoisotopic (exact) mass is 145 g/mol. The van der Waals surface area contributed by atoms with Gasteiger partial charge in [-0.1, -0.05) is 11.8 Å². The number of ketones is 1. The SMILES string of the molecule is CC(=O)[C@@H]1CSC(=O)N1. The quantitative estimate of drug-likeness (QED) is 0.581. The molecule has 0 aromatic carbocycles. The van der Waals surface area contributed by atoms with Gasteiger partial charge >= 0.3 is 0 Å². The maximum absolute atomic E-state index is 10.6. The molecular formula is C5H7NO2S. The first-order chi connectivity index (χ1) is 4.20. The molecule has 0 aliphatic carbocycles. The van der Waals surface area contributed by atoms with Crippen molar-refractivity contribution < 1.29 is 9.59 Å². The summed E-state index contributed by atoms with van der Waals surface area (Å²) >= 11 is 1.16. The maximum atomic E-state index is 10.6. The Hall–Kier alpha value is -0.510. The third-order valence-electron chi connectivity index (χ3n) is 1.16. The number of carbonyl (C=O) groups is 2. The van der Waals surface area contributed by atoms with Gasteiger partial charge in [-0.2, -0.15) is 0 Å². The highest BCUT2D eigenvalue weighted by Crippen LogP contribution is 2.12. The molecule has 1 aliphatic heterocycles. The first-order valence-corrected chi connectivity index (χ1v) is 3.62. The van der Waals surface area contributed by atoms with Crippen molar-refractivity contribution in [3.63, 3.8) is 0 Å². The van der Waals surface area contributed by atoms with Crippen LogP contribution in [0.5, 0.6) is 0 Å². The fraction of sp³-hybridized carbons (Fsp3) is 0.600. The molecule has 1 rings (SSSR count). The van der Waals surface area contributed by atoms with Crippen molar-refractivity contribution in [1.82, 2.24) is 5.32 Å². The van der Waals surface area contributed by atoms with Crippen molar-refractivity contribution in [3.8, 4) is 0 Å². The van der Waals surface area contributed by atoms with E-state index in [1.165, 1.54) is 6.92 Å². The second-order valence-electron chi connectivity index (χ2n) is 1.91. The minimum absolute atomic E-state index is 0.0355. The average Bonchev–Trinajstić information content (AvgIpc) is 2.14. The first kappa shape index (κ1) is 6.61. The lowest BCUT2D eigenvalue weighted by Crippen LogP contribution is -2.32. The molecule has 0 unspecified atom stereocenters. The van der Waals surface area contributed by atoms with Crippen LogP contribution in [0.3, 0.4) is 0 Å². The van der Waals surface area contributed by atoms with E-state index >= 15 is 0 Å². The third kappa shape index (κ3) is 1.45. The van der Waals surface area contributed by atoms with Gasteiger partial charge in [0, 0.05) is 5.75 Å². The molecule has 1 heterocycles. The van der Waals surface area contributed by atoms with Crippen molar-refractivity contribution in [1.29, 1.82) is 0 Å². The van der Waals surface area contributed by atoms with Crippen LogP contribution in [0.1, 0.15) is 6.92 Å². The summed E-state index contributed by atoms with van der Waals surface area (Å²) in [5.41, 5.74) is 0. The van der Waals surface area contributed by atoms with Gasteiger partial charge in [-0.15, -0.1) is 0 Å². The van der Waals surface area contributed by atoms with Gasteiger partial charge < -0.3 is 5.32 Å². The van der Waals surface area contributed by atoms with Crippen molar-refractivity contribution in [3.05, 3.63) is 0 Å². The van der Waals surface area contributed by atoms with Crippen LogP contribution in [0.4, 0.5) is 4.79 Å². The summed E-state index contributed by atoms with van der Waals surface area (Å²) in [5.74, 6) is 0.627. The van der Waals surface area contributed by atoms with E-state index in [0.717, 1.165) is 11.8 Å². The maximum Gasteiger partial charge on any atom is 0.279 e. The van der Waals surface area contributed by atoms with Gasteiger partial charge in [-0.3, -0.25) is 9.59 Å². The molecule has 0 aromatic heterocycles. The zero-order chi connectivity index (χ0) is 6.85. The fourth-order valence-electron chi connectivity index (χ4n) is 0.604. The molecule has 0 saturated carbocycles. The number of nitrogens with one attached hydrogen (secondary N) is 1. The molecule has 0 aromatic rings. The lowest BCUT2D eigenvalue weighted by molar-refractivity contribution is -0.118. The van der Waals surface area contributed by atoms with E-state index in [9.17, 15) is 9.59 Å². The fourth-order valence-corrected chi connectivity index (χ4v) is 1.47. The van der Waals surface area contributed by atoms with Crippen LogP contribution in [0.15, 0.2) is 0 Å². The van der Waals surface area contributed by atoms with Crippen molar-refractivity contribution >= 4 is 22.8 Å². The summed E-state index contributed by atoms with van der Waals surface area (Å²) in [5, 5.41) is 2.44. The third-order valence-corrected chi connectivity index (χ3v) is 2.04. The smallest absolute Gasteiger partial charge is 0.279 e. The van der Waals surface area contributed by atoms with Gasteiger partial charge in [-0.25, -0.2) is 0 Å². The summed E-state index contributed by atoms with van der Waals surface area (Å²) in [4.78, 5) is 21.0. The van der Waals surface area contributed by atoms with E-state index in [0.29, 0.717) is 5.75 Å². The van der Waals surface area contributed by atoms with Crippen LogP contribution in [0, 0.1) is 0 Å². The van der Waals surface area contributed by atoms with E-state index < -0.39 is 0 Å². The lowest BCUT2D eigenvalue weighted by atomic mass is 10.2. The van der Waals surface area contributed by atoms with Gasteiger partial charge in [0.1, 0.15) is 0 Å². The van der Waals surface area contributed by atoms with Crippen LogP contribution in [-0.4, -0.2) is 22.8 Å².